The highest BCUT2D eigenvalue weighted by atomic mass is 19.3. The molecule has 1 aromatic heterocycles. The van der Waals surface area contributed by atoms with E-state index in [9.17, 15) is 22.8 Å². The quantitative estimate of drug-likeness (QED) is 0.454. The highest BCUT2D eigenvalue weighted by molar-refractivity contribution is 5.67. The Bertz CT molecular complexity index is 1030. The van der Waals surface area contributed by atoms with Gasteiger partial charge >= 0.3 is 13.2 Å². The standard InChI is InChI=1S/C21H15F4N3O2/c22-20(23)29-18-7-6-17(10-19(18)30-21(24)25)28(13-15-4-2-8-27-12-15)16-5-1-3-14(9-16)11-26/h1-10,12,20-21H,13H2. The van der Waals surface area contributed by atoms with E-state index in [2.05, 4.69) is 14.5 Å². The molecule has 9 heteroatoms. The third kappa shape index (κ3) is 5.38. The largest absolute Gasteiger partial charge is 0.431 e. The van der Waals surface area contributed by atoms with Crippen LogP contribution in [-0.2, 0) is 6.54 Å². The maximum atomic E-state index is 12.8. The lowest BCUT2D eigenvalue weighted by Crippen LogP contribution is -2.17. The summed E-state index contributed by atoms with van der Waals surface area (Å²) in [5, 5.41) is 9.20. The van der Waals surface area contributed by atoms with Crippen LogP contribution in [0.3, 0.4) is 0 Å². The first-order chi connectivity index (χ1) is 14.5. The van der Waals surface area contributed by atoms with Gasteiger partial charge in [-0.3, -0.25) is 4.98 Å². The van der Waals surface area contributed by atoms with Crippen molar-refractivity contribution in [3.05, 3.63) is 78.1 Å². The Morgan fingerprint density at radius 1 is 0.900 bits per heavy atom. The van der Waals surface area contributed by atoms with Crippen LogP contribution >= 0.6 is 0 Å². The number of hydrogen-bond acceptors (Lipinski definition) is 5. The van der Waals surface area contributed by atoms with E-state index in [1.165, 1.54) is 12.1 Å². The number of nitrogens with zero attached hydrogens (tertiary/aromatic N) is 3. The van der Waals surface area contributed by atoms with Crippen molar-refractivity contribution in [1.82, 2.24) is 4.98 Å². The van der Waals surface area contributed by atoms with Gasteiger partial charge in [0.2, 0.25) is 0 Å². The second-order valence-corrected chi connectivity index (χ2v) is 6.00. The molecule has 0 bridgehead atoms. The molecule has 5 nitrogen and oxygen atoms in total. The van der Waals surface area contributed by atoms with Gasteiger partial charge in [-0.1, -0.05) is 12.1 Å². The van der Waals surface area contributed by atoms with Gasteiger partial charge in [0.05, 0.1) is 11.6 Å². The Balaban J connectivity index is 2.06. The third-order valence-corrected chi connectivity index (χ3v) is 4.02. The Kier molecular flexibility index (Phi) is 6.70. The topological polar surface area (TPSA) is 58.4 Å². The zero-order valence-corrected chi connectivity index (χ0v) is 15.4. The minimum absolute atomic E-state index is 0.270. The van der Waals surface area contributed by atoms with Crippen LogP contribution in [0.15, 0.2) is 67.0 Å². The fraction of sp³-hybridized carbons (Fsp3) is 0.143. The molecule has 154 valence electrons. The molecule has 0 atom stereocenters. The predicted octanol–water partition coefficient (Wildman–Crippen LogP) is 5.49. The van der Waals surface area contributed by atoms with Crippen LogP contribution in [0.2, 0.25) is 0 Å². The Labute approximate surface area is 169 Å². The first-order valence-electron chi connectivity index (χ1n) is 8.66. The number of ether oxygens (including phenoxy) is 2. The van der Waals surface area contributed by atoms with Crippen LogP contribution in [0.5, 0.6) is 11.5 Å². The van der Waals surface area contributed by atoms with E-state index in [0.29, 0.717) is 16.9 Å². The first kappa shape index (κ1) is 20.9. The molecular formula is C21H15F4N3O2. The summed E-state index contributed by atoms with van der Waals surface area (Å²) < 4.78 is 59.5. The minimum atomic E-state index is -3.23. The van der Waals surface area contributed by atoms with Crippen molar-refractivity contribution in [1.29, 1.82) is 5.26 Å². The van der Waals surface area contributed by atoms with E-state index in [1.807, 2.05) is 12.1 Å². The van der Waals surface area contributed by atoms with Gasteiger partial charge in [0.1, 0.15) is 0 Å². The molecule has 30 heavy (non-hydrogen) atoms. The molecule has 0 unspecified atom stereocenters. The van der Waals surface area contributed by atoms with Gasteiger partial charge in [0.25, 0.3) is 0 Å². The highest BCUT2D eigenvalue weighted by Crippen LogP contribution is 2.37. The highest BCUT2D eigenvalue weighted by Gasteiger charge is 2.19. The number of benzene rings is 2. The molecule has 3 aromatic rings. The number of alkyl halides is 4. The lowest BCUT2D eigenvalue weighted by molar-refractivity contribution is -0.0692. The number of halogens is 4. The fourth-order valence-electron chi connectivity index (χ4n) is 2.80. The molecule has 0 fully saturated rings. The molecule has 3 rings (SSSR count). The summed E-state index contributed by atoms with van der Waals surface area (Å²) in [5.74, 6) is -1.04. The van der Waals surface area contributed by atoms with Crippen LogP contribution in [-0.4, -0.2) is 18.2 Å². The summed E-state index contributed by atoms with van der Waals surface area (Å²) in [4.78, 5) is 5.77. The van der Waals surface area contributed by atoms with Crippen molar-refractivity contribution >= 4 is 11.4 Å². The Morgan fingerprint density at radius 3 is 2.30 bits per heavy atom. The van der Waals surface area contributed by atoms with E-state index < -0.39 is 24.7 Å². The average molecular weight is 417 g/mol. The zero-order chi connectivity index (χ0) is 21.5. The Hall–Kier alpha value is -3.80. The number of nitriles is 1. The van der Waals surface area contributed by atoms with E-state index in [-0.39, 0.29) is 6.54 Å². The van der Waals surface area contributed by atoms with Gasteiger partial charge in [-0.2, -0.15) is 22.8 Å². The van der Waals surface area contributed by atoms with E-state index in [1.54, 1.807) is 47.6 Å². The number of hydrogen-bond donors (Lipinski definition) is 0. The van der Waals surface area contributed by atoms with Crippen molar-refractivity contribution in [3.8, 4) is 17.6 Å². The molecule has 1 heterocycles. The van der Waals surface area contributed by atoms with E-state index in [4.69, 9.17) is 0 Å². The summed E-state index contributed by atoms with van der Waals surface area (Å²) in [6.45, 7) is -6.16. The number of anilines is 2. The van der Waals surface area contributed by atoms with Crippen LogP contribution in [0, 0.1) is 11.3 Å². The molecule has 0 aliphatic heterocycles. The summed E-state index contributed by atoms with van der Waals surface area (Å²) in [6, 6.07) is 16.0. The first-order valence-corrected chi connectivity index (χ1v) is 8.66. The third-order valence-electron chi connectivity index (χ3n) is 4.02. The predicted molar refractivity (Wildman–Crippen MR) is 101 cm³/mol. The van der Waals surface area contributed by atoms with Crippen LogP contribution in [0.1, 0.15) is 11.1 Å². The molecule has 0 spiro atoms. The lowest BCUT2D eigenvalue weighted by atomic mass is 10.1. The maximum absolute atomic E-state index is 12.8. The Morgan fingerprint density at radius 2 is 1.63 bits per heavy atom. The molecule has 2 aromatic carbocycles. The van der Waals surface area contributed by atoms with Crippen LogP contribution in [0.25, 0.3) is 0 Å². The molecule has 0 saturated heterocycles. The molecule has 0 N–H and O–H groups in total. The molecule has 0 amide bonds. The lowest BCUT2D eigenvalue weighted by Gasteiger charge is -2.26. The van der Waals surface area contributed by atoms with Crippen molar-refractivity contribution in [2.75, 3.05) is 4.90 Å². The van der Waals surface area contributed by atoms with Crippen LogP contribution in [0.4, 0.5) is 28.9 Å². The zero-order valence-electron chi connectivity index (χ0n) is 15.4. The molecule has 0 aliphatic rings. The minimum Gasteiger partial charge on any atom is -0.431 e. The number of rotatable bonds is 8. The summed E-state index contributed by atoms with van der Waals surface area (Å²) in [5.41, 5.74) is 2.14. The van der Waals surface area contributed by atoms with Gasteiger partial charge in [0, 0.05) is 36.4 Å². The smallest absolute Gasteiger partial charge is 0.387 e. The monoisotopic (exact) mass is 417 g/mol. The number of pyridine rings is 1. The van der Waals surface area contributed by atoms with E-state index in [0.717, 1.165) is 11.6 Å². The van der Waals surface area contributed by atoms with Crippen LogP contribution < -0.4 is 14.4 Å². The average Bonchev–Trinajstić information content (AvgIpc) is 2.73. The summed E-state index contributed by atoms with van der Waals surface area (Å²) >= 11 is 0. The molecule has 0 saturated carbocycles. The SMILES string of the molecule is N#Cc1cccc(N(Cc2cccnc2)c2ccc(OC(F)F)c(OC(F)F)c2)c1. The number of aromatic nitrogens is 1. The van der Waals surface area contributed by atoms with Gasteiger partial charge < -0.3 is 14.4 Å². The molecule has 0 aliphatic carbocycles. The normalized spacial score (nSPS) is 10.7. The van der Waals surface area contributed by atoms with E-state index >= 15 is 0 Å². The summed E-state index contributed by atoms with van der Waals surface area (Å²) in [6.07, 6.45) is 3.24. The van der Waals surface area contributed by atoms with Gasteiger partial charge in [-0.25, -0.2) is 0 Å². The van der Waals surface area contributed by atoms with Gasteiger partial charge in [0.15, 0.2) is 11.5 Å². The molecule has 0 radical (unpaired) electrons. The fourth-order valence-corrected chi connectivity index (χ4v) is 2.80. The molecular weight excluding hydrogens is 402 g/mol. The van der Waals surface area contributed by atoms with Crippen molar-refractivity contribution < 1.29 is 27.0 Å². The second-order valence-electron chi connectivity index (χ2n) is 6.00. The van der Waals surface area contributed by atoms with Gasteiger partial charge in [-0.15, -0.1) is 0 Å². The van der Waals surface area contributed by atoms with Crippen molar-refractivity contribution in [3.63, 3.8) is 0 Å². The summed E-state index contributed by atoms with van der Waals surface area (Å²) in [7, 11) is 0. The van der Waals surface area contributed by atoms with Crippen molar-refractivity contribution in [2.24, 2.45) is 0 Å². The maximum Gasteiger partial charge on any atom is 0.387 e. The van der Waals surface area contributed by atoms with Gasteiger partial charge in [-0.05, 0) is 42.0 Å². The van der Waals surface area contributed by atoms with Crippen molar-refractivity contribution in [2.45, 2.75) is 19.8 Å². The second kappa shape index (κ2) is 9.60.